The van der Waals surface area contributed by atoms with Crippen LogP contribution in [0.15, 0.2) is 24.3 Å². The van der Waals surface area contributed by atoms with E-state index in [1.165, 1.54) is 64.5 Å². The first-order chi connectivity index (χ1) is 14.7. The van der Waals surface area contributed by atoms with Crippen molar-refractivity contribution < 1.29 is 9.59 Å². The number of carbonyl (C=O) groups excluding carboxylic acids is 2. The lowest BCUT2D eigenvalue weighted by Gasteiger charge is -2.30. The van der Waals surface area contributed by atoms with Crippen LogP contribution in [0.2, 0.25) is 0 Å². The summed E-state index contributed by atoms with van der Waals surface area (Å²) < 4.78 is 0. The van der Waals surface area contributed by atoms with Gasteiger partial charge in [0.15, 0.2) is 0 Å². The van der Waals surface area contributed by atoms with Gasteiger partial charge in [-0.25, -0.2) is 0 Å². The van der Waals surface area contributed by atoms with Gasteiger partial charge in [-0.1, -0.05) is 56.7 Å². The summed E-state index contributed by atoms with van der Waals surface area (Å²) in [6.45, 7) is 3.99. The topological polar surface area (TPSA) is 52.7 Å². The number of hydrogen-bond acceptors (Lipinski definition) is 3. The Morgan fingerprint density at radius 1 is 0.900 bits per heavy atom. The van der Waals surface area contributed by atoms with Crippen LogP contribution in [0, 0.1) is 0 Å². The summed E-state index contributed by atoms with van der Waals surface area (Å²) in [7, 11) is 0. The zero-order chi connectivity index (χ0) is 20.8. The quantitative estimate of drug-likeness (QED) is 0.760. The first kappa shape index (κ1) is 21.4. The predicted molar refractivity (Wildman–Crippen MR) is 119 cm³/mol. The normalized spacial score (nSPS) is 23.7. The molecule has 5 nitrogen and oxygen atoms in total. The lowest BCUT2D eigenvalue weighted by atomic mass is 9.96. The van der Waals surface area contributed by atoms with Crippen LogP contribution in [-0.4, -0.2) is 53.8 Å². The summed E-state index contributed by atoms with van der Waals surface area (Å²) in [6, 6.07) is 7.45. The maximum absolute atomic E-state index is 13.4. The van der Waals surface area contributed by atoms with Crippen molar-refractivity contribution in [2.75, 3.05) is 26.2 Å². The number of benzene rings is 1. The number of hydrogen-bond donors (Lipinski definition) is 1. The van der Waals surface area contributed by atoms with E-state index in [2.05, 4.69) is 10.2 Å². The van der Waals surface area contributed by atoms with E-state index in [0.717, 1.165) is 31.4 Å². The lowest BCUT2D eigenvalue weighted by Crippen LogP contribution is -2.44. The van der Waals surface area contributed by atoms with Gasteiger partial charge in [-0.3, -0.25) is 9.59 Å². The van der Waals surface area contributed by atoms with E-state index in [1.54, 1.807) is 0 Å². The molecule has 3 aliphatic rings. The minimum atomic E-state index is -0.472. The van der Waals surface area contributed by atoms with Gasteiger partial charge in [-0.15, -0.1) is 0 Å². The van der Waals surface area contributed by atoms with Crippen LogP contribution in [0.5, 0.6) is 0 Å². The molecule has 1 aromatic rings. The van der Waals surface area contributed by atoms with Gasteiger partial charge >= 0.3 is 0 Å². The molecule has 4 rings (SSSR count). The number of rotatable bonds is 6. The minimum Gasteiger partial charge on any atom is -0.351 e. The van der Waals surface area contributed by atoms with Gasteiger partial charge in [0.25, 0.3) is 5.91 Å². The van der Waals surface area contributed by atoms with Gasteiger partial charge in [-0.2, -0.15) is 0 Å². The molecule has 30 heavy (non-hydrogen) atoms. The van der Waals surface area contributed by atoms with E-state index in [-0.39, 0.29) is 17.9 Å². The summed E-state index contributed by atoms with van der Waals surface area (Å²) in [5.74, 6) is 0.0268. The zero-order valence-electron chi connectivity index (χ0n) is 18.3. The van der Waals surface area contributed by atoms with E-state index in [1.807, 2.05) is 29.2 Å². The van der Waals surface area contributed by atoms with Gasteiger partial charge in [-0.05, 0) is 63.4 Å². The fourth-order valence-electron chi connectivity index (χ4n) is 5.41. The van der Waals surface area contributed by atoms with Gasteiger partial charge < -0.3 is 15.1 Å². The number of fused-ring (bicyclic) bond motifs is 1. The van der Waals surface area contributed by atoms with Crippen molar-refractivity contribution >= 4 is 11.8 Å². The number of nitrogens with zero attached hydrogens (tertiary/aromatic N) is 2. The van der Waals surface area contributed by atoms with Crippen LogP contribution in [0.4, 0.5) is 0 Å². The standard InChI is InChI=1S/C25H37N3O2/c29-24(26-20-12-5-2-1-3-6-13-20)23-21-14-7-8-15-22(21)25(30)28(23)19-11-18-27-16-9-4-10-17-27/h7-8,14-15,20,23H,1-6,9-13,16-19H2,(H,26,29)/t23-/m0/s1. The Labute approximate surface area is 181 Å². The van der Waals surface area contributed by atoms with E-state index in [4.69, 9.17) is 0 Å². The molecule has 0 bridgehead atoms. The van der Waals surface area contributed by atoms with Crippen LogP contribution in [-0.2, 0) is 4.79 Å². The van der Waals surface area contributed by atoms with Gasteiger partial charge in [0, 0.05) is 18.2 Å². The Morgan fingerprint density at radius 3 is 2.33 bits per heavy atom. The molecule has 0 aromatic heterocycles. The maximum Gasteiger partial charge on any atom is 0.255 e. The number of amides is 2. The second-order valence-corrected chi connectivity index (χ2v) is 9.29. The third-order valence-electron chi connectivity index (χ3n) is 7.08. The molecular formula is C25H37N3O2. The van der Waals surface area contributed by atoms with Crippen LogP contribution >= 0.6 is 0 Å². The second-order valence-electron chi connectivity index (χ2n) is 9.29. The van der Waals surface area contributed by atoms with Crippen LogP contribution in [0.1, 0.15) is 92.6 Å². The van der Waals surface area contributed by atoms with E-state index < -0.39 is 6.04 Å². The van der Waals surface area contributed by atoms with Gasteiger partial charge in [0.2, 0.25) is 5.91 Å². The van der Waals surface area contributed by atoms with Crippen molar-refractivity contribution in [3.05, 3.63) is 35.4 Å². The van der Waals surface area contributed by atoms with Crippen LogP contribution in [0.25, 0.3) is 0 Å². The Balaban J connectivity index is 1.42. The SMILES string of the molecule is O=C(NC1CCCCCCC1)[C@@H]1c2ccccc2C(=O)N1CCCN1CCCCC1. The average Bonchev–Trinajstić information content (AvgIpc) is 3.03. The predicted octanol–water partition coefficient (Wildman–Crippen LogP) is 4.29. The molecule has 1 aromatic carbocycles. The van der Waals surface area contributed by atoms with Crippen molar-refractivity contribution in [3.63, 3.8) is 0 Å². The first-order valence-corrected chi connectivity index (χ1v) is 12.2. The highest BCUT2D eigenvalue weighted by Crippen LogP contribution is 2.34. The molecule has 1 atom stereocenters. The minimum absolute atomic E-state index is 0.0110. The highest BCUT2D eigenvalue weighted by molar-refractivity contribution is 6.04. The number of nitrogens with one attached hydrogen (secondary N) is 1. The molecule has 1 aliphatic carbocycles. The van der Waals surface area contributed by atoms with E-state index in [9.17, 15) is 9.59 Å². The zero-order valence-corrected chi connectivity index (χ0v) is 18.3. The Hall–Kier alpha value is -1.88. The van der Waals surface area contributed by atoms with Crippen molar-refractivity contribution in [1.29, 1.82) is 0 Å². The van der Waals surface area contributed by atoms with Gasteiger partial charge in [0.05, 0.1) is 0 Å². The Morgan fingerprint density at radius 2 is 1.57 bits per heavy atom. The van der Waals surface area contributed by atoms with Crippen LogP contribution < -0.4 is 5.32 Å². The fraction of sp³-hybridized carbons (Fsp3) is 0.680. The molecule has 0 unspecified atom stereocenters. The smallest absolute Gasteiger partial charge is 0.255 e. The third kappa shape index (κ3) is 5.05. The largest absolute Gasteiger partial charge is 0.351 e. The molecule has 0 spiro atoms. The summed E-state index contributed by atoms with van der Waals surface area (Å²) in [6.07, 6.45) is 13.1. The fourth-order valence-corrected chi connectivity index (χ4v) is 5.41. The number of carbonyl (C=O) groups is 2. The molecule has 2 amide bonds. The third-order valence-corrected chi connectivity index (χ3v) is 7.08. The van der Waals surface area contributed by atoms with Crippen LogP contribution in [0.3, 0.4) is 0 Å². The molecule has 1 saturated carbocycles. The van der Waals surface area contributed by atoms with E-state index >= 15 is 0 Å². The average molecular weight is 412 g/mol. The summed E-state index contributed by atoms with van der Waals surface area (Å²) >= 11 is 0. The highest BCUT2D eigenvalue weighted by atomic mass is 16.2. The van der Waals surface area contributed by atoms with Gasteiger partial charge in [0.1, 0.15) is 6.04 Å². The summed E-state index contributed by atoms with van der Waals surface area (Å²) in [4.78, 5) is 30.8. The molecule has 2 heterocycles. The molecule has 0 radical (unpaired) electrons. The highest BCUT2D eigenvalue weighted by Gasteiger charge is 2.41. The van der Waals surface area contributed by atoms with Crippen molar-refractivity contribution in [3.8, 4) is 0 Å². The first-order valence-electron chi connectivity index (χ1n) is 12.2. The molecule has 5 heteroatoms. The second kappa shape index (κ2) is 10.4. The number of piperidine rings is 1. The van der Waals surface area contributed by atoms with Crippen molar-refractivity contribution in [2.45, 2.75) is 82.7 Å². The molecule has 164 valence electrons. The Bertz CT molecular complexity index is 721. The summed E-state index contributed by atoms with van der Waals surface area (Å²) in [5.41, 5.74) is 1.58. The van der Waals surface area contributed by atoms with E-state index in [0.29, 0.717) is 12.1 Å². The molecule has 1 N–H and O–H groups in total. The van der Waals surface area contributed by atoms with Crippen molar-refractivity contribution in [2.24, 2.45) is 0 Å². The maximum atomic E-state index is 13.4. The molecular weight excluding hydrogens is 374 g/mol. The molecule has 1 saturated heterocycles. The monoisotopic (exact) mass is 411 g/mol. The summed E-state index contributed by atoms with van der Waals surface area (Å²) in [5, 5.41) is 3.32. The van der Waals surface area contributed by atoms with Crippen molar-refractivity contribution in [1.82, 2.24) is 15.1 Å². The molecule has 2 fully saturated rings. The Kier molecular flexibility index (Phi) is 7.42. The molecule has 2 aliphatic heterocycles. The lowest BCUT2D eigenvalue weighted by molar-refractivity contribution is -0.126. The number of likely N-dealkylation sites (tertiary alicyclic amines) is 1.